The fraction of sp³-hybridized carbons (Fsp3) is 0.625. The molecule has 0 spiro atoms. The number of carbonyl (C=O) groups excluding carboxylic acids is 3. The number of hydrogen-bond acceptors (Lipinski definition) is 6. The Bertz CT molecular complexity index is 821. The van der Waals surface area contributed by atoms with Crippen LogP contribution in [0.3, 0.4) is 0 Å². The summed E-state index contributed by atoms with van der Waals surface area (Å²) in [6.45, 7) is 4.73. The van der Waals surface area contributed by atoms with Crippen molar-refractivity contribution in [2.24, 2.45) is 11.8 Å². The van der Waals surface area contributed by atoms with Gasteiger partial charge in [0.25, 0.3) is 0 Å². The van der Waals surface area contributed by atoms with Crippen molar-refractivity contribution < 1.29 is 19.6 Å². The molecule has 3 amide bonds. The fourth-order valence-corrected chi connectivity index (χ4v) is 5.31. The number of para-hydroxylation sites is 1. The van der Waals surface area contributed by atoms with Crippen molar-refractivity contribution in [1.82, 2.24) is 20.6 Å². The molecule has 3 aliphatic heterocycles. The van der Waals surface area contributed by atoms with Crippen LogP contribution in [0.25, 0.3) is 0 Å². The number of benzene rings is 1. The Morgan fingerprint density at radius 3 is 2.30 bits per heavy atom. The highest BCUT2D eigenvalue weighted by atomic mass is 16.5. The molecule has 1 unspecified atom stereocenters. The molecule has 33 heavy (non-hydrogen) atoms. The van der Waals surface area contributed by atoms with Crippen molar-refractivity contribution >= 4 is 23.4 Å². The van der Waals surface area contributed by atoms with Gasteiger partial charge in [0.15, 0.2) is 0 Å². The molecular weight excluding hydrogens is 422 g/mol. The minimum Gasteiger partial charge on any atom is -0.368 e. The van der Waals surface area contributed by atoms with E-state index in [2.05, 4.69) is 22.3 Å². The SMILES string of the molecule is O=C(NO)[C@H]1CC(CC(=O)N2CCCCC2)CN[C@@H]1C(=O)N1CCN(c2ccccc2)CC1. The molecule has 1 aromatic rings. The lowest BCUT2D eigenvalue weighted by molar-refractivity contribution is -0.145. The highest BCUT2D eigenvalue weighted by Crippen LogP contribution is 2.27. The van der Waals surface area contributed by atoms with Crippen molar-refractivity contribution in [3.8, 4) is 0 Å². The third-order valence-electron chi connectivity index (χ3n) is 7.21. The largest absolute Gasteiger partial charge is 0.368 e. The maximum Gasteiger partial charge on any atom is 0.248 e. The van der Waals surface area contributed by atoms with Gasteiger partial charge >= 0.3 is 0 Å². The molecule has 0 aliphatic carbocycles. The van der Waals surface area contributed by atoms with Gasteiger partial charge < -0.3 is 20.0 Å². The number of anilines is 1. The Labute approximate surface area is 195 Å². The van der Waals surface area contributed by atoms with Crippen LogP contribution in [0, 0.1) is 11.8 Å². The number of nitrogens with zero attached hydrogens (tertiary/aromatic N) is 3. The Hall–Kier alpha value is -2.65. The maximum absolute atomic E-state index is 13.3. The normalized spacial score (nSPS) is 26.1. The predicted octanol–water partition coefficient (Wildman–Crippen LogP) is 0.838. The van der Waals surface area contributed by atoms with E-state index in [1.165, 1.54) is 0 Å². The molecule has 3 heterocycles. The molecular formula is C24H35N5O4. The number of hydrogen-bond donors (Lipinski definition) is 3. The van der Waals surface area contributed by atoms with Crippen LogP contribution in [0.5, 0.6) is 0 Å². The van der Waals surface area contributed by atoms with Crippen LogP contribution in [0.4, 0.5) is 5.69 Å². The quantitative estimate of drug-likeness (QED) is 0.447. The first-order valence-electron chi connectivity index (χ1n) is 12.1. The van der Waals surface area contributed by atoms with E-state index >= 15 is 0 Å². The summed E-state index contributed by atoms with van der Waals surface area (Å²) in [6, 6.07) is 9.42. The third kappa shape index (κ3) is 5.65. The number of hydroxylamine groups is 1. The highest BCUT2D eigenvalue weighted by molar-refractivity contribution is 5.90. The first-order chi connectivity index (χ1) is 16.1. The molecule has 3 atom stereocenters. The van der Waals surface area contributed by atoms with E-state index in [0.29, 0.717) is 32.5 Å². The van der Waals surface area contributed by atoms with E-state index in [9.17, 15) is 19.6 Å². The molecule has 0 aromatic heterocycles. The monoisotopic (exact) mass is 457 g/mol. The van der Waals surface area contributed by atoms with E-state index in [1.807, 2.05) is 23.1 Å². The van der Waals surface area contributed by atoms with Crippen LogP contribution in [0.1, 0.15) is 32.1 Å². The number of piperidine rings is 2. The number of rotatable bonds is 5. The zero-order chi connectivity index (χ0) is 23.2. The Morgan fingerprint density at radius 2 is 1.64 bits per heavy atom. The minimum absolute atomic E-state index is 0.0410. The third-order valence-corrected chi connectivity index (χ3v) is 7.21. The molecule has 9 nitrogen and oxygen atoms in total. The van der Waals surface area contributed by atoms with Gasteiger partial charge in [-0.1, -0.05) is 18.2 Å². The first-order valence-corrected chi connectivity index (χ1v) is 12.1. The average Bonchev–Trinajstić information content (AvgIpc) is 2.89. The molecule has 9 heteroatoms. The molecule has 3 N–H and O–H groups in total. The number of likely N-dealkylation sites (tertiary alicyclic amines) is 1. The minimum atomic E-state index is -0.706. The average molecular weight is 458 g/mol. The van der Waals surface area contributed by atoms with Crippen LogP contribution in [-0.2, 0) is 14.4 Å². The van der Waals surface area contributed by atoms with E-state index in [4.69, 9.17) is 0 Å². The molecule has 0 bridgehead atoms. The second kappa shape index (κ2) is 11.0. The Morgan fingerprint density at radius 1 is 0.939 bits per heavy atom. The van der Waals surface area contributed by atoms with E-state index in [1.54, 1.807) is 10.4 Å². The van der Waals surface area contributed by atoms with Crippen molar-refractivity contribution in [2.45, 2.75) is 38.1 Å². The van der Waals surface area contributed by atoms with Crippen molar-refractivity contribution in [2.75, 3.05) is 50.7 Å². The summed E-state index contributed by atoms with van der Waals surface area (Å²) in [5, 5.41) is 12.5. The molecule has 180 valence electrons. The smallest absolute Gasteiger partial charge is 0.248 e. The molecule has 3 fully saturated rings. The highest BCUT2D eigenvalue weighted by Gasteiger charge is 2.42. The second-order valence-electron chi connectivity index (χ2n) is 9.36. The van der Waals surface area contributed by atoms with Gasteiger partial charge in [-0.05, 0) is 50.3 Å². The van der Waals surface area contributed by atoms with Gasteiger partial charge in [-0.3, -0.25) is 19.6 Å². The molecule has 1 aromatic carbocycles. The van der Waals surface area contributed by atoms with Crippen LogP contribution in [0.15, 0.2) is 30.3 Å². The zero-order valence-electron chi connectivity index (χ0n) is 19.1. The van der Waals surface area contributed by atoms with Gasteiger partial charge in [0, 0.05) is 51.4 Å². The zero-order valence-corrected chi connectivity index (χ0v) is 19.1. The summed E-state index contributed by atoms with van der Waals surface area (Å²) in [5.41, 5.74) is 2.87. The molecule has 0 saturated carbocycles. The summed E-state index contributed by atoms with van der Waals surface area (Å²) < 4.78 is 0. The number of nitrogens with one attached hydrogen (secondary N) is 2. The standard InChI is InChI=1S/C24H35N5O4/c30-21(28-9-5-2-6-10-28)16-18-15-20(23(31)26-33)22(25-17-18)24(32)29-13-11-27(12-14-29)19-7-3-1-4-8-19/h1,3-4,7-8,18,20,22,25,33H,2,5-6,9-17H2,(H,26,31)/t18?,20-,22-/m0/s1. The van der Waals surface area contributed by atoms with Gasteiger partial charge in [0.2, 0.25) is 17.7 Å². The van der Waals surface area contributed by atoms with E-state index < -0.39 is 17.9 Å². The Balaban J connectivity index is 1.34. The van der Waals surface area contributed by atoms with Crippen molar-refractivity contribution in [3.63, 3.8) is 0 Å². The molecule has 4 rings (SSSR count). The fourth-order valence-electron chi connectivity index (χ4n) is 5.31. The van der Waals surface area contributed by atoms with Gasteiger partial charge in [-0.25, -0.2) is 5.48 Å². The van der Waals surface area contributed by atoms with Crippen molar-refractivity contribution in [3.05, 3.63) is 30.3 Å². The van der Waals surface area contributed by atoms with Crippen LogP contribution in [0.2, 0.25) is 0 Å². The van der Waals surface area contributed by atoms with Crippen LogP contribution >= 0.6 is 0 Å². The van der Waals surface area contributed by atoms with Crippen LogP contribution < -0.4 is 15.7 Å². The summed E-state index contributed by atoms with van der Waals surface area (Å²) in [4.78, 5) is 44.4. The van der Waals surface area contributed by atoms with Gasteiger partial charge in [0.05, 0.1) is 12.0 Å². The second-order valence-corrected chi connectivity index (χ2v) is 9.36. The lowest BCUT2D eigenvalue weighted by Crippen LogP contribution is -2.61. The lowest BCUT2D eigenvalue weighted by Gasteiger charge is -2.41. The summed E-state index contributed by atoms with van der Waals surface area (Å²) in [6.07, 6.45) is 4.01. The summed E-state index contributed by atoms with van der Waals surface area (Å²) in [5.74, 6) is -1.31. The van der Waals surface area contributed by atoms with Crippen molar-refractivity contribution in [1.29, 1.82) is 0 Å². The molecule has 0 radical (unpaired) electrons. The molecule has 3 aliphatic rings. The van der Waals surface area contributed by atoms with E-state index in [0.717, 1.165) is 51.1 Å². The first kappa shape index (κ1) is 23.5. The molecule has 3 saturated heterocycles. The van der Waals surface area contributed by atoms with Gasteiger partial charge in [-0.2, -0.15) is 0 Å². The number of carbonyl (C=O) groups is 3. The maximum atomic E-state index is 13.3. The summed E-state index contributed by atoms with van der Waals surface area (Å²) >= 11 is 0. The van der Waals surface area contributed by atoms with Gasteiger partial charge in [0.1, 0.15) is 0 Å². The van der Waals surface area contributed by atoms with Crippen LogP contribution in [-0.4, -0.2) is 84.6 Å². The van der Waals surface area contributed by atoms with Gasteiger partial charge in [-0.15, -0.1) is 0 Å². The summed E-state index contributed by atoms with van der Waals surface area (Å²) in [7, 11) is 0. The predicted molar refractivity (Wildman–Crippen MR) is 124 cm³/mol. The van der Waals surface area contributed by atoms with E-state index in [-0.39, 0.29) is 17.7 Å². The number of amides is 3. The lowest BCUT2D eigenvalue weighted by atomic mass is 9.81. The number of piperazine rings is 1. The Kier molecular flexibility index (Phi) is 7.82. The topological polar surface area (TPSA) is 105 Å².